The number of carboxylic acid groups (broad SMARTS) is 1. The van der Waals surface area contributed by atoms with E-state index in [1.54, 1.807) is 42.5 Å². The van der Waals surface area contributed by atoms with Crippen molar-refractivity contribution in [3.05, 3.63) is 98.9 Å². The Bertz CT molecular complexity index is 1350. The van der Waals surface area contributed by atoms with Crippen LogP contribution in [0.25, 0.3) is 17.5 Å². The molecule has 9 heteroatoms. The van der Waals surface area contributed by atoms with Gasteiger partial charge in [-0.1, -0.05) is 47.5 Å². The fourth-order valence-electron chi connectivity index (χ4n) is 3.30. The van der Waals surface area contributed by atoms with E-state index in [0.29, 0.717) is 39.9 Å². The van der Waals surface area contributed by atoms with Crippen molar-refractivity contribution >= 4 is 47.0 Å². The van der Waals surface area contributed by atoms with Gasteiger partial charge in [0.1, 0.15) is 17.3 Å². The van der Waals surface area contributed by atoms with Gasteiger partial charge in [0.05, 0.1) is 0 Å². The van der Waals surface area contributed by atoms with Crippen molar-refractivity contribution in [3.63, 3.8) is 0 Å². The van der Waals surface area contributed by atoms with Gasteiger partial charge in [-0.3, -0.25) is 0 Å². The van der Waals surface area contributed by atoms with Crippen LogP contribution in [-0.4, -0.2) is 25.8 Å². The molecule has 0 unspecified atom stereocenters. The fourth-order valence-corrected chi connectivity index (χ4v) is 4.53. The molecule has 4 rings (SSSR count). The highest BCUT2D eigenvalue weighted by molar-refractivity contribution is 8.04. The quantitative estimate of drug-likeness (QED) is 0.186. The summed E-state index contributed by atoms with van der Waals surface area (Å²) in [5.41, 5.74) is 2.54. The summed E-state index contributed by atoms with van der Waals surface area (Å²) < 4.78 is 7.67. The van der Waals surface area contributed by atoms with Gasteiger partial charge in [-0.2, -0.15) is 0 Å². The Balaban J connectivity index is 1.50. The van der Waals surface area contributed by atoms with Crippen LogP contribution in [0, 0.1) is 0 Å². The number of thioether (sulfide) groups is 1. The molecule has 35 heavy (non-hydrogen) atoms. The SMILES string of the molecule is CCn1c(S/C(=C\c2ccc(OCc3cccc(Cl)c3)cc2)C(=O)O)nnc1-c1ccc(Cl)cc1. The second-order valence-electron chi connectivity index (χ2n) is 7.46. The summed E-state index contributed by atoms with van der Waals surface area (Å²) >= 11 is 13.1. The molecule has 0 spiro atoms. The number of halogens is 2. The molecule has 0 saturated heterocycles. The Morgan fingerprint density at radius 3 is 2.43 bits per heavy atom. The van der Waals surface area contributed by atoms with Crippen LogP contribution in [0.3, 0.4) is 0 Å². The summed E-state index contributed by atoms with van der Waals surface area (Å²) in [5, 5.41) is 20.1. The number of nitrogens with zero attached hydrogens (tertiary/aromatic N) is 3. The maximum Gasteiger partial charge on any atom is 0.342 e. The first-order valence-corrected chi connectivity index (χ1v) is 12.3. The van der Waals surface area contributed by atoms with E-state index in [4.69, 9.17) is 27.9 Å². The van der Waals surface area contributed by atoms with Crippen molar-refractivity contribution in [3.8, 4) is 17.1 Å². The van der Waals surface area contributed by atoms with Crippen LogP contribution < -0.4 is 4.74 Å². The molecular formula is C26H21Cl2N3O3S. The van der Waals surface area contributed by atoms with Crippen LogP contribution in [0.5, 0.6) is 5.75 Å². The lowest BCUT2D eigenvalue weighted by atomic mass is 10.2. The molecule has 0 aliphatic rings. The lowest BCUT2D eigenvalue weighted by Crippen LogP contribution is -2.02. The fraction of sp³-hybridized carbons (Fsp3) is 0.115. The van der Waals surface area contributed by atoms with E-state index in [1.165, 1.54) is 0 Å². The molecule has 6 nitrogen and oxygen atoms in total. The van der Waals surface area contributed by atoms with Crippen LogP contribution in [0.15, 0.2) is 82.9 Å². The van der Waals surface area contributed by atoms with Crippen molar-refractivity contribution in [1.29, 1.82) is 0 Å². The van der Waals surface area contributed by atoms with Crippen molar-refractivity contribution in [2.75, 3.05) is 0 Å². The number of carboxylic acids is 1. The van der Waals surface area contributed by atoms with Gasteiger partial charge in [0.15, 0.2) is 11.0 Å². The predicted molar refractivity (Wildman–Crippen MR) is 140 cm³/mol. The minimum Gasteiger partial charge on any atom is -0.489 e. The molecule has 0 aliphatic heterocycles. The number of ether oxygens (including phenoxy) is 1. The van der Waals surface area contributed by atoms with Crippen LogP contribution >= 0.6 is 35.0 Å². The molecule has 4 aromatic rings. The third kappa shape index (κ3) is 6.45. The predicted octanol–water partition coefficient (Wildman–Crippen LogP) is 7.07. The molecule has 178 valence electrons. The zero-order valence-corrected chi connectivity index (χ0v) is 21.0. The molecule has 1 heterocycles. The molecule has 3 aromatic carbocycles. The molecule has 0 fully saturated rings. The van der Waals surface area contributed by atoms with Gasteiger partial charge in [0, 0.05) is 22.2 Å². The highest BCUT2D eigenvalue weighted by atomic mass is 35.5. The maximum absolute atomic E-state index is 12.0. The summed E-state index contributed by atoms with van der Waals surface area (Å²) in [4.78, 5) is 12.1. The standard InChI is InChI=1S/C26H21Cl2N3O3S/c1-2-31-24(19-8-10-20(27)11-9-19)29-30-26(31)35-23(25(32)33)15-17-6-12-22(13-7-17)34-16-18-4-3-5-21(28)14-18/h3-15H,2,16H2,1H3,(H,32,33)/b23-15-. The van der Waals surface area contributed by atoms with E-state index >= 15 is 0 Å². The molecule has 1 N–H and O–H groups in total. The lowest BCUT2D eigenvalue weighted by Gasteiger charge is -2.09. The van der Waals surface area contributed by atoms with Gasteiger partial charge in [-0.15, -0.1) is 10.2 Å². The van der Waals surface area contributed by atoms with E-state index in [0.717, 1.165) is 28.5 Å². The summed E-state index contributed by atoms with van der Waals surface area (Å²) in [6.45, 7) is 2.92. The highest BCUT2D eigenvalue weighted by Crippen LogP contribution is 2.31. The van der Waals surface area contributed by atoms with Crippen molar-refractivity contribution < 1.29 is 14.6 Å². The summed E-state index contributed by atoms with van der Waals surface area (Å²) in [6, 6.07) is 22.0. The van der Waals surface area contributed by atoms with Crippen LogP contribution in [0.2, 0.25) is 10.0 Å². The first kappa shape index (κ1) is 24.9. The van der Waals surface area contributed by atoms with Crippen molar-refractivity contribution in [2.45, 2.75) is 25.2 Å². The third-order valence-corrected chi connectivity index (χ3v) is 6.50. The maximum atomic E-state index is 12.0. The molecule has 0 radical (unpaired) electrons. The second kappa shape index (κ2) is 11.4. The first-order chi connectivity index (χ1) is 16.9. The average Bonchev–Trinajstić information content (AvgIpc) is 3.26. The zero-order valence-electron chi connectivity index (χ0n) is 18.7. The number of hydrogen-bond acceptors (Lipinski definition) is 5. The van der Waals surface area contributed by atoms with Gasteiger partial charge in [-0.25, -0.2) is 4.79 Å². The number of rotatable bonds is 9. The summed E-state index contributed by atoms with van der Waals surface area (Å²) in [5.74, 6) is 0.276. The van der Waals surface area contributed by atoms with E-state index in [2.05, 4.69) is 10.2 Å². The molecule has 1 aromatic heterocycles. The third-order valence-electron chi connectivity index (χ3n) is 5.02. The molecular weight excluding hydrogens is 505 g/mol. The number of carbonyl (C=O) groups is 1. The summed E-state index contributed by atoms with van der Waals surface area (Å²) in [6.07, 6.45) is 1.60. The second-order valence-corrected chi connectivity index (χ2v) is 9.34. The van der Waals surface area contributed by atoms with Gasteiger partial charge in [0.25, 0.3) is 0 Å². The molecule has 0 amide bonds. The van der Waals surface area contributed by atoms with Gasteiger partial charge in [0.2, 0.25) is 0 Å². The normalized spacial score (nSPS) is 11.5. The Labute approximate surface area is 217 Å². The van der Waals surface area contributed by atoms with Crippen LogP contribution in [0.4, 0.5) is 0 Å². The Kier molecular flexibility index (Phi) is 8.13. The minimum absolute atomic E-state index is 0.127. The topological polar surface area (TPSA) is 77.2 Å². The number of aliphatic carboxylic acids is 1. The highest BCUT2D eigenvalue weighted by Gasteiger charge is 2.18. The van der Waals surface area contributed by atoms with E-state index < -0.39 is 5.97 Å². The van der Waals surface area contributed by atoms with Crippen LogP contribution in [0.1, 0.15) is 18.1 Å². The van der Waals surface area contributed by atoms with Crippen LogP contribution in [-0.2, 0) is 17.9 Å². The smallest absolute Gasteiger partial charge is 0.342 e. The summed E-state index contributed by atoms with van der Waals surface area (Å²) in [7, 11) is 0. The van der Waals surface area contributed by atoms with Gasteiger partial charge in [-0.05, 0) is 84.4 Å². The van der Waals surface area contributed by atoms with E-state index in [1.807, 2.05) is 47.9 Å². The van der Waals surface area contributed by atoms with Gasteiger partial charge < -0.3 is 14.4 Å². The lowest BCUT2D eigenvalue weighted by molar-refractivity contribution is -0.131. The van der Waals surface area contributed by atoms with Crippen molar-refractivity contribution in [2.24, 2.45) is 0 Å². The Hall–Kier alpha value is -3.26. The largest absolute Gasteiger partial charge is 0.489 e. The van der Waals surface area contributed by atoms with Crippen molar-refractivity contribution in [1.82, 2.24) is 14.8 Å². The Morgan fingerprint density at radius 2 is 1.77 bits per heavy atom. The monoisotopic (exact) mass is 525 g/mol. The Morgan fingerprint density at radius 1 is 1.03 bits per heavy atom. The molecule has 0 atom stereocenters. The molecule has 0 saturated carbocycles. The first-order valence-electron chi connectivity index (χ1n) is 10.7. The zero-order chi connectivity index (χ0) is 24.8. The molecule has 0 aliphatic carbocycles. The average molecular weight is 526 g/mol. The van der Waals surface area contributed by atoms with E-state index in [9.17, 15) is 9.90 Å². The van der Waals surface area contributed by atoms with Gasteiger partial charge >= 0.3 is 5.97 Å². The van der Waals surface area contributed by atoms with E-state index in [-0.39, 0.29) is 4.91 Å². The number of aromatic nitrogens is 3. The minimum atomic E-state index is -1.05. The number of hydrogen-bond donors (Lipinski definition) is 1. The molecule has 0 bridgehead atoms. The number of benzene rings is 3.